The van der Waals surface area contributed by atoms with E-state index >= 15 is 0 Å². The second kappa shape index (κ2) is 4.81. The van der Waals surface area contributed by atoms with E-state index in [0.29, 0.717) is 17.4 Å². The zero-order valence-corrected chi connectivity index (χ0v) is 11.3. The van der Waals surface area contributed by atoms with Crippen LogP contribution < -0.4 is 0 Å². The summed E-state index contributed by atoms with van der Waals surface area (Å²) in [7, 11) is 0. The van der Waals surface area contributed by atoms with Gasteiger partial charge in [0.25, 0.3) is 5.89 Å². The maximum Gasteiger partial charge on any atom is 0.251 e. The lowest BCUT2D eigenvalue weighted by atomic mass is 10.1. The topological polar surface area (TPSA) is 38.9 Å². The molecule has 4 heteroatoms. The van der Waals surface area contributed by atoms with Crippen LogP contribution >= 0.6 is 0 Å². The van der Waals surface area contributed by atoms with Gasteiger partial charge in [0, 0.05) is 5.56 Å². The number of benzene rings is 2. The van der Waals surface area contributed by atoms with Gasteiger partial charge in [-0.2, -0.15) is 0 Å². The monoisotopic (exact) mass is 280 g/mol. The van der Waals surface area contributed by atoms with E-state index < -0.39 is 0 Å². The second-order valence-electron chi connectivity index (χ2n) is 5.29. The van der Waals surface area contributed by atoms with E-state index in [1.165, 1.54) is 24.5 Å². The van der Waals surface area contributed by atoms with Crippen LogP contribution in [0.2, 0.25) is 0 Å². The van der Waals surface area contributed by atoms with E-state index in [4.69, 9.17) is 4.42 Å². The Morgan fingerprint density at radius 2 is 1.76 bits per heavy atom. The van der Waals surface area contributed by atoms with Gasteiger partial charge in [0.2, 0.25) is 5.89 Å². The van der Waals surface area contributed by atoms with Crippen molar-refractivity contribution in [2.45, 2.75) is 18.8 Å². The molecule has 1 aliphatic rings. The molecule has 21 heavy (non-hydrogen) atoms. The molecule has 3 nitrogen and oxygen atoms in total. The van der Waals surface area contributed by atoms with Gasteiger partial charge in [-0.25, -0.2) is 4.39 Å². The molecule has 3 aromatic rings. The van der Waals surface area contributed by atoms with Crippen molar-refractivity contribution >= 4 is 0 Å². The van der Waals surface area contributed by atoms with Crippen LogP contribution in [0.3, 0.4) is 0 Å². The van der Waals surface area contributed by atoms with Crippen LogP contribution in [-0.4, -0.2) is 10.2 Å². The van der Waals surface area contributed by atoms with Gasteiger partial charge in [-0.05, 0) is 48.6 Å². The molecule has 0 saturated heterocycles. The minimum Gasteiger partial charge on any atom is -0.416 e. The molecule has 0 unspecified atom stereocenters. The maximum absolute atomic E-state index is 13.7. The molecule has 1 aromatic heterocycles. The number of rotatable bonds is 3. The van der Waals surface area contributed by atoms with Gasteiger partial charge in [0.05, 0.1) is 5.56 Å². The van der Waals surface area contributed by atoms with Gasteiger partial charge in [-0.15, -0.1) is 10.2 Å². The van der Waals surface area contributed by atoms with E-state index in [1.54, 1.807) is 18.2 Å². The number of aromatic nitrogens is 2. The molecule has 1 heterocycles. The minimum atomic E-state index is -0.362. The predicted molar refractivity (Wildman–Crippen MR) is 77.1 cm³/mol. The summed E-state index contributed by atoms with van der Waals surface area (Å²) in [4.78, 5) is 0. The zero-order valence-electron chi connectivity index (χ0n) is 11.3. The molecule has 0 bridgehead atoms. The Labute approximate surface area is 121 Å². The first-order chi connectivity index (χ1) is 10.3. The Balaban J connectivity index is 1.71. The Morgan fingerprint density at radius 1 is 0.952 bits per heavy atom. The highest BCUT2D eigenvalue weighted by atomic mass is 19.1. The van der Waals surface area contributed by atoms with Crippen LogP contribution in [0.25, 0.3) is 22.9 Å². The Hall–Kier alpha value is -2.49. The SMILES string of the molecule is Fc1ccccc1-c1nnc(-c2cccc(C3CC3)c2)o1. The Morgan fingerprint density at radius 3 is 2.57 bits per heavy atom. The standard InChI is InChI=1S/C17H13FN2O/c18-15-7-2-1-6-14(15)17-20-19-16(21-17)13-5-3-4-12(10-13)11-8-9-11/h1-7,10-11H,8-9H2. The summed E-state index contributed by atoms with van der Waals surface area (Å²) >= 11 is 0. The van der Waals surface area contributed by atoms with Crippen molar-refractivity contribution in [3.63, 3.8) is 0 Å². The highest BCUT2D eigenvalue weighted by Crippen LogP contribution is 2.41. The van der Waals surface area contributed by atoms with Crippen LogP contribution in [-0.2, 0) is 0 Å². The summed E-state index contributed by atoms with van der Waals surface area (Å²) in [5.41, 5.74) is 2.52. The van der Waals surface area contributed by atoms with Crippen molar-refractivity contribution in [1.29, 1.82) is 0 Å². The lowest BCUT2D eigenvalue weighted by Gasteiger charge is -2.00. The van der Waals surface area contributed by atoms with Gasteiger partial charge < -0.3 is 4.42 Å². The normalized spacial score (nSPS) is 14.3. The molecule has 1 fully saturated rings. The summed E-state index contributed by atoms with van der Waals surface area (Å²) < 4.78 is 19.4. The minimum absolute atomic E-state index is 0.208. The van der Waals surface area contributed by atoms with Gasteiger partial charge in [0.15, 0.2) is 0 Å². The maximum atomic E-state index is 13.7. The van der Waals surface area contributed by atoms with Crippen molar-refractivity contribution < 1.29 is 8.81 Å². The van der Waals surface area contributed by atoms with Crippen molar-refractivity contribution in [2.24, 2.45) is 0 Å². The van der Waals surface area contributed by atoms with Gasteiger partial charge in [0.1, 0.15) is 5.82 Å². The largest absolute Gasteiger partial charge is 0.416 e. The fourth-order valence-electron chi connectivity index (χ4n) is 2.43. The van der Waals surface area contributed by atoms with E-state index in [2.05, 4.69) is 22.3 Å². The Bertz CT molecular complexity index is 793. The average molecular weight is 280 g/mol. The van der Waals surface area contributed by atoms with Gasteiger partial charge >= 0.3 is 0 Å². The third-order valence-electron chi connectivity index (χ3n) is 3.71. The van der Waals surface area contributed by atoms with Crippen LogP contribution in [0, 0.1) is 5.82 Å². The molecular formula is C17H13FN2O. The molecule has 0 amide bonds. The van der Waals surface area contributed by atoms with Crippen molar-refractivity contribution in [2.75, 3.05) is 0 Å². The second-order valence-corrected chi connectivity index (χ2v) is 5.29. The fourth-order valence-corrected chi connectivity index (χ4v) is 2.43. The highest BCUT2D eigenvalue weighted by Gasteiger charge is 2.24. The lowest BCUT2D eigenvalue weighted by Crippen LogP contribution is -1.82. The first-order valence-corrected chi connectivity index (χ1v) is 7.00. The number of hydrogen-bond donors (Lipinski definition) is 0. The molecule has 4 rings (SSSR count). The van der Waals surface area contributed by atoms with E-state index in [0.717, 1.165) is 5.56 Å². The molecule has 2 aromatic carbocycles. The van der Waals surface area contributed by atoms with Gasteiger partial charge in [-0.1, -0.05) is 24.3 Å². The molecule has 1 saturated carbocycles. The summed E-state index contributed by atoms with van der Waals surface area (Å²) in [6.45, 7) is 0. The molecule has 0 atom stereocenters. The van der Waals surface area contributed by atoms with Crippen molar-refractivity contribution in [3.8, 4) is 22.9 Å². The van der Waals surface area contributed by atoms with E-state index in [-0.39, 0.29) is 11.7 Å². The predicted octanol–water partition coefficient (Wildman–Crippen LogP) is 4.42. The Kier molecular flexibility index (Phi) is 2.81. The zero-order chi connectivity index (χ0) is 14.2. The highest BCUT2D eigenvalue weighted by molar-refractivity contribution is 5.59. The van der Waals surface area contributed by atoms with Crippen molar-refractivity contribution in [1.82, 2.24) is 10.2 Å². The quantitative estimate of drug-likeness (QED) is 0.713. The number of hydrogen-bond acceptors (Lipinski definition) is 3. The smallest absolute Gasteiger partial charge is 0.251 e. The first kappa shape index (κ1) is 12.3. The number of halogens is 1. The lowest BCUT2D eigenvalue weighted by molar-refractivity contribution is 0.570. The number of nitrogens with zero attached hydrogens (tertiary/aromatic N) is 2. The van der Waals surface area contributed by atoms with Crippen LogP contribution in [0.1, 0.15) is 24.3 Å². The van der Waals surface area contributed by atoms with E-state index in [1.807, 2.05) is 12.1 Å². The van der Waals surface area contributed by atoms with Gasteiger partial charge in [-0.3, -0.25) is 0 Å². The third kappa shape index (κ3) is 2.33. The molecule has 1 aliphatic carbocycles. The first-order valence-electron chi connectivity index (χ1n) is 7.00. The third-order valence-corrected chi connectivity index (χ3v) is 3.71. The molecule has 0 spiro atoms. The van der Waals surface area contributed by atoms with Crippen LogP contribution in [0.5, 0.6) is 0 Å². The van der Waals surface area contributed by atoms with E-state index in [9.17, 15) is 4.39 Å². The fraction of sp³-hybridized carbons (Fsp3) is 0.176. The summed E-state index contributed by atoms with van der Waals surface area (Å²) in [6, 6.07) is 14.5. The van der Waals surface area contributed by atoms with Crippen LogP contribution in [0.15, 0.2) is 52.9 Å². The summed E-state index contributed by atoms with van der Waals surface area (Å²) in [6.07, 6.45) is 2.49. The van der Waals surface area contributed by atoms with Crippen molar-refractivity contribution in [3.05, 3.63) is 59.9 Å². The molecule has 0 N–H and O–H groups in total. The van der Waals surface area contributed by atoms with Crippen LogP contribution in [0.4, 0.5) is 4.39 Å². The molecule has 0 aliphatic heterocycles. The molecular weight excluding hydrogens is 267 g/mol. The molecule has 0 radical (unpaired) electrons. The molecule has 104 valence electrons. The summed E-state index contributed by atoms with van der Waals surface area (Å²) in [5.74, 6) is 0.939. The summed E-state index contributed by atoms with van der Waals surface area (Å²) in [5, 5.41) is 8.00. The average Bonchev–Trinajstić information content (AvgIpc) is 3.26.